The van der Waals surface area contributed by atoms with Crippen molar-refractivity contribution in [1.29, 1.82) is 0 Å². The first-order valence-corrected chi connectivity index (χ1v) is 4.20. The molecule has 3 nitrogen and oxygen atoms in total. The molecule has 1 saturated carbocycles. The van der Waals surface area contributed by atoms with Crippen molar-refractivity contribution < 1.29 is 0 Å². The molecule has 60 valence electrons. The maximum Gasteiger partial charge on any atom is 0.225 e. The minimum absolute atomic E-state index is 0.523. The molecule has 1 fully saturated rings. The van der Waals surface area contributed by atoms with Crippen LogP contribution in [0.25, 0.3) is 0 Å². The topological polar surface area (TPSA) is 30.7 Å². The lowest BCUT2D eigenvalue weighted by molar-refractivity contribution is 0.610. The Bertz CT molecular complexity index is 245. The van der Waals surface area contributed by atoms with E-state index in [1.807, 2.05) is 11.5 Å². The molecule has 0 N–H and O–H groups in total. The predicted octanol–water partition coefficient (Wildman–Crippen LogP) is 1.65. The lowest BCUT2D eigenvalue weighted by Gasteiger charge is -2.01. The average Bonchev–Trinajstić information content (AvgIpc) is 2.73. The monoisotopic (exact) mass is 171 g/mol. The van der Waals surface area contributed by atoms with Crippen LogP contribution in [0, 0.1) is 12.8 Å². The Hall–Kier alpha value is -0.570. The van der Waals surface area contributed by atoms with E-state index in [2.05, 4.69) is 10.2 Å². The molecule has 2 rings (SSSR count). The van der Waals surface area contributed by atoms with Gasteiger partial charge in [0.2, 0.25) is 5.28 Å². The van der Waals surface area contributed by atoms with Crippen molar-refractivity contribution in [2.24, 2.45) is 5.92 Å². The third kappa shape index (κ3) is 1.38. The zero-order valence-electron chi connectivity index (χ0n) is 6.42. The van der Waals surface area contributed by atoms with Crippen molar-refractivity contribution in [3.05, 3.63) is 11.1 Å². The van der Waals surface area contributed by atoms with Gasteiger partial charge in [-0.15, -0.1) is 10.2 Å². The first-order chi connectivity index (χ1) is 5.27. The van der Waals surface area contributed by atoms with Crippen LogP contribution in [0.15, 0.2) is 0 Å². The van der Waals surface area contributed by atoms with Gasteiger partial charge in [-0.25, -0.2) is 0 Å². The third-order valence-corrected chi connectivity index (χ3v) is 2.31. The number of halogens is 1. The van der Waals surface area contributed by atoms with E-state index >= 15 is 0 Å². The maximum absolute atomic E-state index is 5.81. The summed E-state index contributed by atoms with van der Waals surface area (Å²) in [5.41, 5.74) is 0. The molecule has 11 heavy (non-hydrogen) atoms. The Morgan fingerprint density at radius 1 is 1.55 bits per heavy atom. The molecule has 0 unspecified atom stereocenters. The molecule has 4 heteroatoms. The molecule has 0 saturated heterocycles. The van der Waals surface area contributed by atoms with Crippen LogP contribution in [0.1, 0.15) is 18.7 Å². The summed E-state index contributed by atoms with van der Waals surface area (Å²) in [4.78, 5) is 0. The van der Waals surface area contributed by atoms with Crippen molar-refractivity contribution in [2.45, 2.75) is 26.3 Å². The van der Waals surface area contributed by atoms with Crippen LogP contribution in [0.5, 0.6) is 0 Å². The third-order valence-electron chi connectivity index (χ3n) is 2.03. The Morgan fingerprint density at radius 2 is 2.27 bits per heavy atom. The fourth-order valence-corrected chi connectivity index (χ4v) is 1.35. The van der Waals surface area contributed by atoms with Gasteiger partial charge in [0.15, 0.2) is 0 Å². The number of aromatic nitrogens is 3. The minimum atomic E-state index is 0.523. The SMILES string of the molecule is Cc1nnc(Cl)n1CC1CC1. The van der Waals surface area contributed by atoms with Crippen LogP contribution in [-0.4, -0.2) is 14.8 Å². The lowest BCUT2D eigenvalue weighted by Crippen LogP contribution is -2.01. The highest BCUT2D eigenvalue weighted by Gasteiger charge is 2.23. The summed E-state index contributed by atoms with van der Waals surface area (Å²) in [5, 5.41) is 8.18. The number of hydrogen-bond acceptors (Lipinski definition) is 2. The van der Waals surface area contributed by atoms with Crippen LogP contribution >= 0.6 is 11.6 Å². The quantitative estimate of drug-likeness (QED) is 0.678. The van der Waals surface area contributed by atoms with Gasteiger partial charge in [0.1, 0.15) is 5.82 Å². The van der Waals surface area contributed by atoms with E-state index in [-0.39, 0.29) is 0 Å². The molecule has 1 aromatic rings. The standard InChI is InChI=1S/C7H10ClN3/c1-5-9-10-7(8)11(5)4-6-2-3-6/h6H,2-4H2,1H3. The van der Waals surface area contributed by atoms with E-state index in [1.165, 1.54) is 12.8 Å². The molecule has 0 atom stereocenters. The van der Waals surface area contributed by atoms with E-state index in [0.717, 1.165) is 18.3 Å². The Balaban J connectivity index is 2.19. The molecule has 0 amide bonds. The molecule has 1 aliphatic rings. The summed E-state index contributed by atoms with van der Waals surface area (Å²) in [6.07, 6.45) is 2.65. The number of rotatable bonds is 2. The van der Waals surface area contributed by atoms with Gasteiger partial charge < -0.3 is 4.57 Å². The van der Waals surface area contributed by atoms with Crippen molar-refractivity contribution in [3.63, 3.8) is 0 Å². The summed E-state index contributed by atoms with van der Waals surface area (Å²) in [6, 6.07) is 0. The number of hydrogen-bond donors (Lipinski definition) is 0. The second-order valence-corrected chi connectivity index (χ2v) is 3.41. The highest BCUT2D eigenvalue weighted by atomic mass is 35.5. The van der Waals surface area contributed by atoms with Gasteiger partial charge in [-0.2, -0.15) is 0 Å². The molecular formula is C7H10ClN3. The summed E-state index contributed by atoms with van der Waals surface area (Å²) < 4.78 is 1.97. The van der Waals surface area contributed by atoms with E-state index in [9.17, 15) is 0 Å². The van der Waals surface area contributed by atoms with Crippen LogP contribution in [0.4, 0.5) is 0 Å². The Morgan fingerprint density at radius 3 is 2.73 bits per heavy atom. The summed E-state index contributed by atoms with van der Waals surface area (Å²) in [7, 11) is 0. The van der Waals surface area contributed by atoms with Crippen LogP contribution in [-0.2, 0) is 6.54 Å². The van der Waals surface area contributed by atoms with Gasteiger partial charge >= 0.3 is 0 Å². The van der Waals surface area contributed by atoms with E-state index < -0.39 is 0 Å². The number of aryl methyl sites for hydroxylation is 1. The zero-order valence-corrected chi connectivity index (χ0v) is 7.17. The van der Waals surface area contributed by atoms with Gasteiger partial charge in [0.25, 0.3) is 0 Å². The smallest absolute Gasteiger partial charge is 0.225 e. The van der Waals surface area contributed by atoms with Crippen LogP contribution < -0.4 is 0 Å². The molecule has 0 bridgehead atoms. The molecule has 0 aromatic carbocycles. The van der Waals surface area contributed by atoms with Crippen LogP contribution in [0.2, 0.25) is 5.28 Å². The van der Waals surface area contributed by atoms with E-state index in [1.54, 1.807) is 0 Å². The Kier molecular flexibility index (Phi) is 1.60. The fraction of sp³-hybridized carbons (Fsp3) is 0.714. The van der Waals surface area contributed by atoms with Gasteiger partial charge in [0.05, 0.1) is 0 Å². The van der Waals surface area contributed by atoms with Gasteiger partial charge in [-0.1, -0.05) is 0 Å². The predicted molar refractivity (Wildman–Crippen MR) is 42.5 cm³/mol. The summed E-state index contributed by atoms with van der Waals surface area (Å²) in [5.74, 6) is 1.74. The van der Waals surface area contributed by atoms with Crippen molar-refractivity contribution in [3.8, 4) is 0 Å². The maximum atomic E-state index is 5.81. The first kappa shape index (κ1) is 7.10. The molecule has 0 aliphatic heterocycles. The van der Waals surface area contributed by atoms with Crippen molar-refractivity contribution in [1.82, 2.24) is 14.8 Å². The number of nitrogens with zero attached hydrogens (tertiary/aromatic N) is 3. The van der Waals surface area contributed by atoms with Crippen molar-refractivity contribution in [2.75, 3.05) is 0 Å². The largest absolute Gasteiger partial charge is 0.302 e. The van der Waals surface area contributed by atoms with Gasteiger partial charge in [-0.05, 0) is 37.3 Å². The van der Waals surface area contributed by atoms with Gasteiger partial charge in [0, 0.05) is 6.54 Å². The lowest BCUT2D eigenvalue weighted by atomic mass is 10.4. The minimum Gasteiger partial charge on any atom is -0.302 e. The van der Waals surface area contributed by atoms with Crippen LogP contribution in [0.3, 0.4) is 0 Å². The molecule has 0 spiro atoms. The van der Waals surface area contributed by atoms with E-state index in [0.29, 0.717) is 5.28 Å². The Labute approximate surface area is 70.4 Å². The fourth-order valence-electron chi connectivity index (χ4n) is 1.12. The molecule has 1 heterocycles. The average molecular weight is 172 g/mol. The van der Waals surface area contributed by atoms with E-state index in [4.69, 9.17) is 11.6 Å². The second kappa shape index (κ2) is 2.48. The molecule has 1 aromatic heterocycles. The van der Waals surface area contributed by atoms with Crippen molar-refractivity contribution >= 4 is 11.6 Å². The summed E-state index contributed by atoms with van der Waals surface area (Å²) in [6.45, 7) is 2.93. The highest BCUT2D eigenvalue weighted by molar-refractivity contribution is 6.28. The highest BCUT2D eigenvalue weighted by Crippen LogP contribution is 2.31. The molecule has 1 aliphatic carbocycles. The zero-order chi connectivity index (χ0) is 7.84. The normalized spacial score (nSPS) is 17.3. The first-order valence-electron chi connectivity index (χ1n) is 3.82. The summed E-state index contributed by atoms with van der Waals surface area (Å²) >= 11 is 5.81. The second-order valence-electron chi connectivity index (χ2n) is 3.07. The van der Waals surface area contributed by atoms with Gasteiger partial charge in [-0.3, -0.25) is 0 Å². The molecular weight excluding hydrogens is 162 g/mol. The molecule has 0 radical (unpaired) electrons.